The number of thiazole rings is 1. The highest BCUT2D eigenvalue weighted by atomic mass is 32.1. The van der Waals surface area contributed by atoms with Crippen molar-refractivity contribution in [1.29, 1.82) is 0 Å². The predicted octanol–water partition coefficient (Wildman–Crippen LogP) is 3.12. The van der Waals surface area contributed by atoms with Crippen LogP contribution in [0.3, 0.4) is 0 Å². The van der Waals surface area contributed by atoms with Gasteiger partial charge in [-0.25, -0.2) is 4.98 Å². The molecule has 0 saturated carbocycles. The molecule has 4 nitrogen and oxygen atoms in total. The zero-order valence-electron chi connectivity index (χ0n) is 7.77. The van der Waals surface area contributed by atoms with E-state index in [1.54, 1.807) is 11.3 Å². The Morgan fingerprint density at radius 3 is 3.00 bits per heavy atom. The highest BCUT2D eigenvalue weighted by molar-refractivity contribution is 7.11. The quantitative estimate of drug-likeness (QED) is 0.414. The Kier molecular flexibility index (Phi) is 3.73. The lowest BCUT2D eigenvalue weighted by Gasteiger charge is -1.95. The Bertz CT molecular complexity index is 312. The van der Waals surface area contributed by atoms with E-state index in [-0.39, 0.29) is 0 Å². The molecule has 0 atom stereocenters. The number of aromatic nitrogens is 1. The maximum atomic E-state index is 8.08. The second-order valence-electron chi connectivity index (χ2n) is 3.02. The zero-order valence-corrected chi connectivity index (χ0v) is 8.58. The van der Waals surface area contributed by atoms with E-state index in [4.69, 9.17) is 5.53 Å². The Balaban J connectivity index is 2.53. The van der Waals surface area contributed by atoms with Crippen LogP contribution < -0.4 is 0 Å². The number of nitrogens with zero attached hydrogens (tertiary/aromatic N) is 4. The van der Waals surface area contributed by atoms with Gasteiger partial charge in [-0.15, -0.1) is 11.3 Å². The Morgan fingerprint density at radius 1 is 1.69 bits per heavy atom. The SMILES string of the molecule is CC(C)c1ncc(CCN=[N+]=[N-])s1. The van der Waals surface area contributed by atoms with Gasteiger partial charge in [-0.2, -0.15) is 0 Å². The van der Waals surface area contributed by atoms with Crippen LogP contribution in [0, 0.1) is 0 Å². The van der Waals surface area contributed by atoms with Crippen LogP contribution in [0.25, 0.3) is 10.4 Å². The van der Waals surface area contributed by atoms with Crippen molar-refractivity contribution in [3.8, 4) is 0 Å². The second kappa shape index (κ2) is 4.84. The first-order chi connectivity index (χ1) is 6.24. The summed E-state index contributed by atoms with van der Waals surface area (Å²) in [6, 6.07) is 0. The van der Waals surface area contributed by atoms with Gasteiger partial charge < -0.3 is 0 Å². The highest BCUT2D eigenvalue weighted by Gasteiger charge is 2.04. The first-order valence-corrected chi connectivity index (χ1v) is 5.01. The van der Waals surface area contributed by atoms with Crippen LogP contribution >= 0.6 is 11.3 Å². The molecular weight excluding hydrogens is 184 g/mol. The van der Waals surface area contributed by atoms with Gasteiger partial charge in [0.15, 0.2) is 0 Å². The maximum Gasteiger partial charge on any atom is 0.0953 e. The van der Waals surface area contributed by atoms with E-state index in [2.05, 4.69) is 28.9 Å². The average Bonchev–Trinajstić information content (AvgIpc) is 2.53. The summed E-state index contributed by atoms with van der Waals surface area (Å²) in [5.41, 5.74) is 8.08. The molecule has 0 amide bonds. The van der Waals surface area contributed by atoms with Crippen molar-refractivity contribution in [2.45, 2.75) is 26.2 Å². The van der Waals surface area contributed by atoms with E-state index >= 15 is 0 Å². The molecule has 0 saturated heterocycles. The van der Waals surface area contributed by atoms with Gasteiger partial charge in [-0.1, -0.05) is 19.0 Å². The molecule has 0 radical (unpaired) electrons. The number of hydrogen-bond donors (Lipinski definition) is 0. The standard InChI is InChI=1S/C8H12N4S/c1-6(2)8-10-5-7(13-8)3-4-11-12-9/h5-6H,3-4H2,1-2H3. The molecule has 5 heteroatoms. The summed E-state index contributed by atoms with van der Waals surface area (Å²) < 4.78 is 0. The third-order valence-electron chi connectivity index (χ3n) is 1.59. The van der Waals surface area contributed by atoms with Gasteiger partial charge in [0, 0.05) is 28.4 Å². The van der Waals surface area contributed by atoms with Gasteiger partial charge in [0.2, 0.25) is 0 Å². The third kappa shape index (κ3) is 3.05. The lowest BCUT2D eigenvalue weighted by atomic mass is 10.2. The first kappa shape index (κ1) is 10.0. The molecule has 0 aliphatic heterocycles. The summed E-state index contributed by atoms with van der Waals surface area (Å²) in [6.07, 6.45) is 2.67. The van der Waals surface area contributed by atoms with Crippen LogP contribution in [-0.4, -0.2) is 11.5 Å². The van der Waals surface area contributed by atoms with E-state index < -0.39 is 0 Å². The van der Waals surface area contributed by atoms with Crippen LogP contribution in [0.5, 0.6) is 0 Å². The highest BCUT2D eigenvalue weighted by Crippen LogP contribution is 2.21. The molecule has 1 aromatic heterocycles. The molecule has 0 aliphatic carbocycles. The third-order valence-corrected chi connectivity index (χ3v) is 2.94. The number of rotatable bonds is 4. The van der Waals surface area contributed by atoms with Crippen molar-refractivity contribution in [3.63, 3.8) is 0 Å². The maximum absolute atomic E-state index is 8.08. The van der Waals surface area contributed by atoms with E-state index in [0.717, 1.165) is 11.4 Å². The predicted molar refractivity (Wildman–Crippen MR) is 53.9 cm³/mol. The molecule has 0 fully saturated rings. The fraction of sp³-hybridized carbons (Fsp3) is 0.625. The first-order valence-electron chi connectivity index (χ1n) is 4.19. The van der Waals surface area contributed by atoms with Gasteiger partial charge in [0.05, 0.1) is 5.01 Å². The monoisotopic (exact) mass is 196 g/mol. The van der Waals surface area contributed by atoms with Crippen molar-refractivity contribution in [2.75, 3.05) is 6.54 Å². The lowest BCUT2D eigenvalue weighted by Crippen LogP contribution is -1.82. The zero-order chi connectivity index (χ0) is 9.68. The molecule has 0 N–H and O–H groups in total. The summed E-state index contributed by atoms with van der Waals surface area (Å²) >= 11 is 1.70. The van der Waals surface area contributed by atoms with Crippen molar-refractivity contribution < 1.29 is 0 Å². The smallest absolute Gasteiger partial charge is 0.0953 e. The summed E-state index contributed by atoms with van der Waals surface area (Å²) in [7, 11) is 0. The lowest BCUT2D eigenvalue weighted by molar-refractivity contribution is 0.852. The summed E-state index contributed by atoms with van der Waals surface area (Å²) in [5, 5.41) is 4.63. The number of hydrogen-bond acceptors (Lipinski definition) is 3. The van der Waals surface area contributed by atoms with Gasteiger partial charge in [-0.05, 0) is 12.0 Å². The summed E-state index contributed by atoms with van der Waals surface area (Å²) in [6.45, 7) is 4.77. The van der Waals surface area contributed by atoms with Crippen molar-refractivity contribution in [3.05, 3.63) is 26.5 Å². The number of azide groups is 1. The van der Waals surface area contributed by atoms with Crippen LogP contribution in [-0.2, 0) is 6.42 Å². The van der Waals surface area contributed by atoms with Crippen molar-refractivity contribution in [1.82, 2.24) is 4.98 Å². The van der Waals surface area contributed by atoms with Crippen LogP contribution in [0.1, 0.15) is 29.7 Å². The molecule has 1 aromatic rings. The molecule has 0 bridgehead atoms. The van der Waals surface area contributed by atoms with Gasteiger partial charge in [0.1, 0.15) is 0 Å². The average molecular weight is 196 g/mol. The van der Waals surface area contributed by atoms with E-state index in [1.165, 1.54) is 4.88 Å². The minimum Gasteiger partial charge on any atom is -0.249 e. The van der Waals surface area contributed by atoms with Gasteiger partial charge in [0.25, 0.3) is 0 Å². The van der Waals surface area contributed by atoms with Crippen molar-refractivity contribution >= 4 is 11.3 Å². The van der Waals surface area contributed by atoms with E-state index in [1.807, 2.05) is 6.20 Å². The molecule has 0 aromatic carbocycles. The van der Waals surface area contributed by atoms with Crippen LogP contribution in [0.2, 0.25) is 0 Å². The molecule has 70 valence electrons. The minimum atomic E-state index is 0.484. The Hall–Kier alpha value is -1.06. The van der Waals surface area contributed by atoms with Gasteiger partial charge in [-0.3, -0.25) is 0 Å². The fourth-order valence-electron chi connectivity index (χ4n) is 0.910. The molecule has 0 spiro atoms. The van der Waals surface area contributed by atoms with E-state index in [0.29, 0.717) is 12.5 Å². The fourth-order valence-corrected chi connectivity index (χ4v) is 1.82. The molecule has 1 rings (SSSR count). The van der Waals surface area contributed by atoms with Crippen molar-refractivity contribution in [2.24, 2.45) is 5.11 Å². The summed E-state index contributed by atoms with van der Waals surface area (Å²) in [4.78, 5) is 8.17. The van der Waals surface area contributed by atoms with Gasteiger partial charge >= 0.3 is 0 Å². The van der Waals surface area contributed by atoms with Crippen LogP contribution in [0.15, 0.2) is 11.3 Å². The molecule has 0 aliphatic rings. The topological polar surface area (TPSA) is 61.7 Å². The van der Waals surface area contributed by atoms with E-state index in [9.17, 15) is 0 Å². The minimum absolute atomic E-state index is 0.484. The van der Waals surface area contributed by atoms with Crippen LogP contribution in [0.4, 0.5) is 0 Å². The summed E-state index contributed by atoms with van der Waals surface area (Å²) in [5.74, 6) is 0.484. The molecule has 13 heavy (non-hydrogen) atoms. The normalized spacial score (nSPS) is 10.1. The molecule has 1 heterocycles. The Morgan fingerprint density at radius 2 is 2.46 bits per heavy atom. The molecular formula is C8H12N4S. The second-order valence-corrected chi connectivity index (χ2v) is 4.17. The largest absolute Gasteiger partial charge is 0.249 e. The molecule has 0 unspecified atom stereocenters. The Labute approximate surface area is 81.2 Å².